The van der Waals surface area contributed by atoms with E-state index in [0.29, 0.717) is 0 Å². The summed E-state index contributed by atoms with van der Waals surface area (Å²) in [6.07, 6.45) is -7.22. The zero-order valence-corrected chi connectivity index (χ0v) is 44.1. The molecule has 4 N–H and O–H groups in total. The van der Waals surface area contributed by atoms with Crippen molar-refractivity contribution in [3.05, 3.63) is 298 Å². The van der Waals surface area contributed by atoms with E-state index >= 15 is 35.1 Å². The Morgan fingerprint density at radius 2 is 0.274 bits per heavy atom. The quantitative estimate of drug-likeness (QED) is 0.0466. The van der Waals surface area contributed by atoms with Crippen LogP contribution in [0, 0.1) is 116 Å². The smallest absolute Gasteiger partial charge is 0.200 e. The number of hydrogen-bond acceptors (Lipinski definition) is 0. The van der Waals surface area contributed by atoms with Crippen molar-refractivity contribution >= 4 is 75.7 Å². The molecule has 0 aliphatic carbocycles. The summed E-state index contributed by atoms with van der Waals surface area (Å²) in [5.41, 5.74) is -14.3. The number of hydrogen-bond donors (Lipinski definition) is 1. The summed E-state index contributed by atoms with van der Waals surface area (Å²) in [5, 5.41) is 8.39. The van der Waals surface area contributed by atoms with Gasteiger partial charge in [-0.25, -0.2) is 87.8 Å². The van der Waals surface area contributed by atoms with Crippen molar-refractivity contribution < 1.29 is 87.8 Å². The molecule has 0 bridgehead atoms. The number of halogens is 20. The summed E-state index contributed by atoms with van der Waals surface area (Å²) in [4.78, 5) is 0. The van der Waals surface area contributed by atoms with E-state index in [2.05, 4.69) is 182 Å². The second kappa shape index (κ2) is 26.5. The molecule has 24 heteroatoms. The molecule has 10 rings (SSSR count). The molecule has 0 aromatic heterocycles. The Morgan fingerprint density at radius 3 is 0.393 bits per heavy atom. The average Bonchev–Trinajstić information content (AvgIpc) is 0.879. The topological polar surface area (TPSA) is 36.5 Å². The molecule has 10 aromatic carbocycles. The number of quaternary nitrogens is 1. The van der Waals surface area contributed by atoms with Crippen LogP contribution in [-0.4, -0.2) is 6.15 Å². The Balaban J connectivity index is 0.000000211. The molecular weight excluding hydrogens is 1190 g/mol. The van der Waals surface area contributed by atoms with Crippen molar-refractivity contribution in [1.82, 2.24) is 6.15 Å². The van der Waals surface area contributed by atoms with Gasteiger partial charge in [0.1, 0.15) is 52.7 Å². The zero-order valence-electron chi connectivity index (χ0n) is 42.4. The van der Waals surface area contributed by atoms with Crippen molar-refractivity contribution in [3.8, 4) is 0 Å². The van der Waals surface area contributed by atoms with Crippen molar-refractivity contribution in [3.63, 3.8) is 0 Å². The summed E-state index contributed by atoms with van der Waals surface area (Å²) in [6, 6.07) is 64.7. The highest BCUT2D eigenvalue weighted by Gasteiger charge is 2.52. The highest BCUT2D eigenvalue weighted by Crippen LogP contribution is 2.35. The van der Waals surface area contributed by atoms with Gasteiger partial charge in [-0.05, 0) is 47.7 Å². The molecule has 0 aliphatic rings. The maximum Gasteiger partial charge on any atom is 0.200 e. The normalized spacial score (nSPS) is 11.2. The molecule has 0 atom stereocenters. The van der Waals surface area contributed by atoms with Gasteiger partial charge in [-0.2, -0.15) is 0 Å². The van der Waals surface area contributed by atoms with E-state index in [9.17, 15) is 52.7 Å². The first-order valence-electron chi connectivity index (χ1n) is 23.7. The third-order valence-corrected chi connectivity index (χ3v) is 17.7. The van der Waals surface area contributed by atoms with E-state index < -0.39 is 160 Å². The average molecular weight is 1220 g/mol. The van der Waals surface area contributed by atoms with Crippen LogP contribution in [0.2, 0.25) is 0 Å². The predicted octanol–water partition coefficient (Wildman–Crippen LogP) is 13.1. The van der Waals surface area contributed by atoms with Gasteiger partial charge in [0.2, 0.25) is 0 Å². The van der Waals surface area contributed by atoms with Gasteiger partial charge in [0.05, 0.1) is 0 Å². The van der Waals surface area contributed by atoms with Gasteiger partial charge in [0, 0.05) is 0 Å². The van der Waals surface area contributed by atoms with Crippen molar-refractivity contribution in [2.75, 3.05) is 0 Å². The molecule has 0 saturated carbocycles. The molecule has 84 heavy (non-hydrogen) atoms. The molecule has 0 amide bonds. The Hall–Kier alpha value is -8.32. The molecule has 0 radical (unpaired) electrons. The molecule has 432 valence electrons. The predicted molar refractivity (Wildman–Crippen MR) is 285 cm³/mol. The van der Waals surface area contributed by atoms with Crippen LogP contribution in [0.4, 0.5) is 87.8 Å². The lowest BCUT2D eigenvalue weighted by Gasteiger charge is -2.44. The molecule has 10 aromatic rings. The van der Waals surface area contributed by atoms with Gasteiger partial charge in [-0.1, -0.05) is 182 Å². The van der Waals surface area contributed by atoms with Gasteiger partial charge in [-0.3, -0.25) is 0 Å². The highest BCUT2D eigenvalue weighted by molar-refractivity contribution is 7.80. The van der Waals surface area contributed by atoms with Crippen molar-refractivity contribution in [2.24, 2.45) is 0 Å². The fraction of sp³-hybridized carbons (Fsp3) is 0. The van der Waals surface area contributed by atoms with Gasteiger partial charge >= 0.3 is 0 Å². The zero-order chi connectivity index (χ0) is 60.2. The van der Waals surface area contributed by atoms with E-state index in [1.807, 2.05) is 0 Å². The molecule has 1 nitrogen and oxygen atoms in total. The van der Waals surface area contributed by atoms with E-state index in [0.717, 1.165) is 0 Å². The van der Waals surface area contributed by atoms with Crippen LogP contribution in [0.15, 0.2) is 182 Å². The highest BCUT2D eigenvalue weighted by atomic mass is 31.1. The minimum absolute atomic E-state index is 0. The van der Waals surface area contributed by atoms with Crippen LogP contribution in [0.5, 0.6) is 0 Å². The minimum Gasteiger partial charge on any atom is -0.369 e. The summed E-state index contributed by atoms with van der Waals surface area (Å²) in [6.45, 7) is 0. The molecular formula is C60H34BF20NP2. The van der Waals surface area contributed by atoms with Crippen LogP contribution in [0.3, 0.4) is 0 Å². The van der Waals surface area contributed by atoms with E-state index in [1.165, 1.54) is 31.8 Å². The lowest BCUT2D eigenvalue weighted by Crippen LogP contribution is -2.81. The minimum atomic E-state index is -7.22. The number of rotatable bonds is 10. The number of benzene rings is 10. The van der Waals surface area contributed by atoms with E-state index in [-0.39, 0.29) is 6.15 Å². The molecule has 0 saturated heterocycles. The summed E-state index contributed by atoms with van der Waals surface area (Å²) in [5.74, 6) is -71.4. The van der Waals surface area contributed by atoms with Gasteiger partial charge in [0.25, 0.3) is 0 Å². The van der Waals surface area contributed by atoms with Crippen LogP contribution in [-0.2, 0) is 0 Å². The molecule has 0 aliphatic heterocycles. The van der Waals surface area contributed by atoms with Gasteiger partial charge < -0.3 is 6.15 Å². The van der Waals surface area contributed by atoms with Crippen LogP contribution in [0.25, 0.3) is 0 Å². The lowest BCUT2D eigenvalue weighted by atomic mass is 9.12. The summed E-state index contributed by atoms with van der Waals surface area (Å²) >= 11 is 0. The monoisotopic (exact) mass is 1220 g/mol. The van der Waals surface area contributed by atoms with Gasteiger partial charge in [0.15, 0.2) is 69.8 Å². The first kappa shape index (κ1) is 63.3. The summed E-state index contributed by atoms with van der Waals surface area (Å²) < 4.78 is 294. The fourth-order valence-corrected chi connectivity index (χ4v) is 13.8. The summed E-state index contributed by atoms with van der Waals surface area (Å²) in [7, 11) is -0.892. The lowest BCUT2D eigenvalue weighted by molar-refractivity contribution is 0.378. The van der Waals surface area contributed by atoms with Gasteiger partial charge in [-0.15, -0.1) is 21.9 Å². The van der Waals surface area contributed by atoms with Crippen molar-refractivity contribution in [2.45, 2.75) is 0 Å². The Bertz CT molecular complexity index is 3280. The largest absolute Gasteiger partial charge is 0.369 e. The van der Waals surface area contributed by atoms with Crippen LogP contribution >= 0.6 is 15.8 Å². The van der Waals surface area contributed by atoms with E-state index in [4.69, 9.17) is 0 Å². The van der Waals surface area contributed by atoms with Crippen LogP contribution in [0.1, 0.15) is 0 Å². The maximum absolute atomic E-state index is 15.4. The fourth-order valence-electron chi connectivity index (χ4n) is 9.23. The Labute approximate surface area is 466 Å². The van der Waals surface area contributed by atoms with Crippen molar-refractivity contribution in [1.29, 1.82) is 0 Å². The van der Waals surface area contributed by atoms with E-state index in [1.54, 1.807) is 0 Å². The first-order chi connectivity index (χ1) is 39.6. The SMILES string of the molecule is Fc1c(F)c(F)c([B-](c2c(F)c(F)c(F)c(F)c2F)(c2c(F)c(F)c(F)c(F)c2F)c2c(F)c(F)c(F)c(F)c2F)c(F)c1F.[NH4+].c1ccc(P(c2ccccc2)c2ccccc2)cc1.c1ccc(P(c2ccccc2)c2ccccc2)cc1. The maximum atomic E-state index is 15.4. The molecule has 0 unspecified atom stereocenters. The Morgan fingerprint density at radius 1 is 0.167 bits per heavy atom. The molecule has 0 heterocycles. The first-order valence-corrected chi connectivity index (χ1v) is 26.4. The third kappa shape index (κ3) is 11.5. The molecule has 0 fully saturated rings. The standard InChI is InChI=1S/C24BF20.2C18H15P.H3N/c26-5-1(6(27)14(35)21(42)13(5)34)25(2-7(28)15(36)22(43)16(37)8(2)29,3-9(30)17(38)23(44)18(39)10(3)31)4-11(32)19(40)24(45)20(41)12(4)33;2*1-4-10-16(11-5-1)19(17-12-6-2-7-13-17)18-14-8-3-9-15-18;/h;2*1-15H;1H3/q-1;;;/p+1. The second-order valence-electron chi connectivity index (χ2n) is 17.5. The second-order valence-corrected chi connectivity index (χ2v) is 21.9. The Kier molecular flexibility index (Phi) is 20.0. The third-order valence-electron chi connectivity index (χ3n) is 12.8. The molecule has 0 spiro atoms. The van der Waals surface area contributed by atoms with Crippen LogP contribution < -0.4 is 59.8 Å².